The highest BCUT2D eigenvalue weighted by Gasteiger charge is 2.34. The van der Waals surface area contributed by atoms with Crippen molar-refractivity contribution in [1.82, 2.24) is 47.9 Å². The van der Waals surface area contributed by atoms with Crippen LogP contribution in [0.5, 0.6) is 0 Å². The number of carbonyl (C=O) groups excluding carboxylic acids is 9. The maximum atomic E-state index is 13.7. The summed E-state index contributed by atoms with van der Waals surface area (Å²) in [5.74, 6) is -9.55. The number of rotatable bonds is 33. The Kier molecular flexibility index (Phi) is 30.0. The van der Waals surface area contributed by atoms with E-state index in [1.807, 2.05) is 6.26 Å². The molecule has 0 aromatic rings. The lowest BCUT2D eigenvalue weighted by Crippen LogP contribution is -2.60. The monoisotopic (exact) mass is 992 g/mol. The maximum absolute atomic E-state index is 13.7. The van der Waals surface area contributed by atoms with Crippen molar-refractivity contribution in [3.63, 3.8) is 0 Å². The van der Waals surface area contributed by atoms with Crippen molar-refractivity contribution in [2.24, 2.45) is 17.6 Å². The van der Waals surface area contributed by atoms with Crippen LogP contribution in [0.2, 0.25) is 0 Å². The molecule has 0 rings (SSSR count). The number of thioether (sulfide) groups is 2. The van der Waals surface area contributed by atoms with Gasteiger partial charge in [-0.25, -0.2) is 0 Å². The minimum absolute atomic E-state index is 0.0334. The van der Waals surface area contributed by atoms with E-state index in [1.54, 1.807) is 34.0 Å². The second-order valence-electron chi connectivity index (χ2n) is 16.7. The zero-order valence-corrected chi connectivity index (χ0v) is 41.3. The molecule has 0 heterocycles. The molecule has 0 saturated carbocycles. The van der Waals surface area contributed by atoms with Gasteiger partial charge in [0.2, 0.25) is 53.2 Å². The van der Waals surface area contributed by atoms with E-state index in [-0.39, 0.29) is 31.1 Å². The summed E-state index contributed by atoms with van der Waals surface area (Å²) in [7, 11) is 0. The van der Waals surface area contributed by atoms with E-state index >= 15 is 0 Å². The Hall–Kier alpha value is -5.21. The van der Waals surface area contributed by atoms with E-state index in [1.165, 1.54) is 44.3 Å². The molecule has 0 radical (unpaired) electrons. The van der Waals surface area contributed by atoms with E-state index in [2.05, 4.69) is 47.9 Å². The summed E-state index contributed by atoms with van der Waals surface area (Å²) in [6, 6.07) is -11.4. The summed E-state index contributed by atoms with van der Waals surface area (Å²) >= 11 is 2.86. The Bertz CT molecular complexity index is 1710. The van der Waals surface area contributed by atoms with Crippen LogP contribution < -0.4 is 53.6 Å². The van der Waals surface area contributed by atoms with E-state index in [0.29, 0.717) is 17.9 Å². The van der Waals surface area contributed by atoms with Crippen molar-refractivity contribution in [3.05, 3.63) is 0 Å². The third-order valence-electron chi connectivity index (χ3n) is 9.66. The van der Waals surface area contributed by atoms with E-state index in [4.69, 9.17) is 10.8 Å². The highest BCUT2D eigenvalue weighted by atomic mass is 32.2. The Morgan fingerprint density at radius 1 is 0.478 bits per heavy atom. The first-order chi connectivity index (χ1) is 31.3. The minimum atomic E-state index is -1.67. The van der Waals surface area contributed by atoms with Crippen LogP contribution in [-0.4, -0.2) is 172 Å². The van der Waals surface area contributed by atoms with Gasteiger partial charge in [0.05, 0.1) is 19.2 Å². The number of carboxylic acids is 2. The van der Waals surface area contributed by atoms with Crippen LogP contribution in [0.1, 0.15) is 87.0 Å². The van der Waals surface area contributed by atoms with Gasteiger partial charge in [0.15, 0.2) is 0 Å². The molecule has 24 nitrogen and oxygen atoms in total. The zero-order chi connectivity index (χ0) is 51.6. The van der Waals surface area contributed by atoms with Crippen LogP contribution in [0.25, 0.3) is 0 Å². The molecule has 0 aromatic carbocycles. The highest BCUT2D eigenvalue weighted by Crippen LogP contribution is 2.11. The van der Waals surface area contributed by atoms with Gasteiger partial charge in [-0.2, -0.15) is 23.5 Å². The number of carboxylic acid groups (broad SMARTS) is 2. The molecule has 382 valence electrons. The van der Waals surface area contributed by atoms with Gasteiger partial charge in [0, 0.05) is 6.42 Å². The van der Waals surface area contributed by atoms with E-state index in [0.717, 1.165) is 0 Å². The molecule has 0 aliphatic heterocycles. The second-order valence-corrected chi connectivity index (χ2v) is 18.6. The number of nitrogens with one attached hydrogen (secondary N) is 9. The first kappa shape index (κ1) is 61.8. The van der Waals surface area contributed by atoms with Gasteiger partial charge in [0.1, 0.15) is 48.3 Å². The predicted octanol–water partition coefficient (Wildman–Crippen LogP) is -3.09. The highest BCUT2D eigenvalue weighted by molar-refractivity contribution is 7.98. The number of amides is 9. The number of carbonyl (C=O) groups is 11. The van der Waals surface area contributed by atoms with Crippen molar-refractivity contribution in [3.8, 4) is 0 Å². The molecule has 0 spiro atoms. The fourth-order valence-electron chi connectivity index (χ4n) is 5.84. The van der Waals surface area contributed by atoms with Gasteiger partial charge in [-0.15, -0.1) is 0 Å². The topological polar surface area (TPSA) is 383 Å². The Labute approximate surface area is 399 Å². The van der Waals surface area contributed by atoms with Gasteiger partial charge < -0.3 is 68.9 Å². The molecular weight excluding hydrogens is 921 g/mol. The fourth-order valence-corrected chi connectivity index (χ4v) is 6.80. The van der Waals surface area contributed by atoms with Crippen molar-refractivity contribution >= 4 is 88.6 Å². The summed E-state index contributed by atoms with van der Waals surface area (Å²) in [5.41, 5.74) is 5.84. The smallest absolute Gasteiger partial charge is 0.325 e. The van der Waals surface area contributed by atoms with Crippen molar-refractivity contribution in [2.45, 2.75) is 141 Å². The number of nitrogens with two attached hydrogens (primary N) is 1. The molecule has 9 amide bonds. The van der Waals surface area contributed by atoms with Crippen LogP contribution in [-0.2, 0) is 52.7 Å². The SMILES string of the molecule is CSCC[C@H](NC(=O)[C@H](CC(C)C)NC(=O)[C@H](CO)NC(=O)[C@H](CC(C)C)NC(=O)[C@H](CCC(=O)O)NC(=O)CNC(=O)[C@H](C)NC(=O)[C@@H](N)CCSC)C(=O)N[C@@H](C)C(=O)N[C@@H](C)C(=O)O. The predicted molar refractivity (Wildman–Crippen MR) is 250 cm³/mol. The Morgan fingerprint density at radius 2 is 0.881 bits per heavy atom. The van der Waals surface area contributed by atoms with Crippen LogP contribution in [0.4, 0.5) is 0 Å². The van der Waals surface area contributed by atoms with Crippen LogP contribution in [0.15, 0.2) is 0 Å². The lowest BCUT2D eigenvalue weighted by Gasteiger charge is -2.28. The van der Waals surface area contributed by atoms with Gasteiger partial charge >= 0.3 is 11.9 Å². The largest absolute Gasteiger partial charge is 0.481 e. The Morgan fingerprint density at radius 3 is 1.36 bits per heavy atom. The molecule has 0 unspecified atom stereocenters. The van der Waals surface area contributed by atoms with Crippen LogP contribution >= 0.6 is 23.5 Å². The first-order valence-corrected chi connectivity index (χ1v) is 24.5. The summed E-state index contributed by atoms with van der Waals surface area (Å²) < 4.78 is 0. The molecule has 26 heteroatoms. The average Bonchev–Trinajstić information content (AvgIpc) is 3.24. The summed E-state index contributed by atoms with van der Waals surface area (Å²) in [6.07, 6.45) is 3.07. The molecule has 67 heavy (non-hydrogen) atoms. The van der Waals surface area contributed by atoms with Gasteiger partial charge in [0.25, 0.3) is 0 Å². The molecule has 0 aromatic heterocycles. The molecular formula is C41H72N10O14S2. The second kappa shape index (κ2) is 32.5. The van der Waals surface area contributed by atoms with Gasteiger partial charge in [-0.1, -0.05) is 27.7 Å². The number of aliphatic hydroxyl groups excluding tert-OH is 1. The molecule has 9 atom stereocenters. The molecule has 0 fully saturated rings. The van der Waals surface area contributed by atoms with E-state index in [9.17, 15) is 63.0 Å². The summed E-state index contributed by atoms with van der Waals surface area (Å²) in [6.45, 7) is 9.24. The van der Waals surface area contributed by atoms with Gasteiger partial charge in [-0.05, 0) is 88.7 Å². The first-order valence-electron chi connectivity index (χ1n) is 21.8. The lowest BCUT2D eigenvalue weighted by atomic mass is 10.0. The molecule has 14 N–H and O–H groups in total. The third-order valence-corrected chi connectivity index (χ3v) is 11.0. The van der Waals surface area contributed by atoms with Crippen LogP contribution in [0.3, 0.4) is 0 Å². The number of hydrogen-bond donors (Lipinski definition) is 13. The minimum Gasteiger partial charge on any atom is -0.481 e. The third kappa shape index (κ3) is 25.5. The average molecular weight is 993 g/mol. The normalized spacial score (nSPS) is 15.1. The van der Waals surface area contributed by atoms with Crippen molar-refractivity contribution in [2.75, 3.05) is 37.2 Å². The number of hydrogen-bond acceptors (Lipinski definition) is 15. The van der Waals surface area contributed by atoms with Crippen LogP contribution in [0, 0.1) is 11.8 Å². The van der Waals surface area contributed by atoms with Gasteiger partial charge in [-0.3, -0.25) is 52.7 Å². The summed E-state index contributed by atoms with van der Waals surface area (Å²) in [4.78, 5) is 141. The van der Waals surface area contributed by atoms with Crippen molar-refractivity contribution < 1.29 is 68.1 Å². The molecule has 0 bridgehead atoms. The van der Waals surface area contributed by atoms with Crippen molar-refractivity contribution in [1.29, 1.82) is 0 Å². The molecule has 0 aliphatic rings. The summed E-state index contributed by atoms with van der Waals surface area (Å²) in [5, 5.41) is 50.4. The molecule has 0 saturated heterocycles. The fraction of sp³-hybridized carbons (Fsp3) is 0.732. The lowest BCUT2D eigenvalue weighted by molar-refractivity contribution is -0.141. The van der Waals surface area contributed by atoms with E-state index < -0.39 is 145 Å². The number of aliphatic carboxylic acids is 2. The Balaban J connectivity index is 6.05. The number of aliphatic hydroxyl groups is 1. The molecule has 0 aliphatic carbocycles. The quantitative estimate of drug-likeness (QED) is 0.0310. The standard InChI is InChI=1S/C41H72N10O14S2/c1-20(2)16-28(38(61)48-27(13-15-67-9)36(59)45-23(6)34(57)46-24(7)41(64)65)50-40(63)30(19-52)51-39(62)29(17-21(3)4)49-37(60)26(10-11-32(54)55)47-31(53)18-43-33(56)22(5)44-35(58)25(42)12-14-66-8/h20-30,52H,10-19,42H2,1-9H3,(H,43,56)(H,44,58)(H,45,59)(H,46,57)(H,47,53)(H,48,61)(H,49,60)(H,50,63)(H,51,62)(H,54,55)(H,64,65)/t22-,23-,24-,25-,26-,27-,28-,29-,30-/m0/s1. The maximum Gasteiger partial charge on any atom is 0.325 e. The zero-order valence-electron chi connectivity index (χ0n) is 39.6.